The van der Waals surface area contributed by atoms with E-state index in [4.69, 9.17) is 4.74 Å². The van der Waals surface area contributed by atoms with E-state index < -0.39 is 0 Å². The summed E-state index contributed by atoms with van der Waals surface area (Å²) in [7, 11) is 0. The summed E-state index contributed by atoms with van der Waals surface area (Å²) >= 11 is 3.96. The van der Waals surface area contributed by atoms with Crippen molar-refractivity contribution in [2.45, 2.75) is 6.92 Å². The van der Waals surface area contributed by atoms with E-state index in [2.05, 4.69) is 28.7 Å². The second-order valence-electron chi connectivity index (χ2n) is 1.49. The smallest absolute Gasteiger partial charge is 0.174 e. The molecule has 0 N–H and O–H groups in total. The standard InChI is InChI=1S/C6H7IOS/c1-2-8-6-4-3-5(7)9-6/h3-4H,2H2,1H3. The largest absolute Gasteiger partial charge is 0.484 e. The first-order chi connectivity index (χ1) is 4.33. The van der Waals surface area contributed by atoms with Gasteiger partial charge in [-0.2, -0.15) is 0 Å². The molecule has 0 radical (unpaired) electrons. The minimum atomic E-state index is 0.761. The molecule has 0 saturated heterocycles. The summed E-state index contributed by atoms with van der Waals surface area (Å²) in [5, 5.41) is 1.02. The van der Waals surface area contributed by atoms with E-state index >= 15 is 0 Å². The zero-order valence-electron chi connectivity index (χ0n) is 5.06. The van der Waals surface area contributed by atoms with Crippen LogP contribution in [0.15, 0.2) is 12.1 Å². The Morgan fingerprint density at radius 2 is 2.44 bits per heavy atom. The summed E-state index contributed by atoms with van der Waals surface area (Å²) < 4.78 is 6.51. The highest BCUT2D eigenvalue weighted by Gasteiger charge is 1.94. The molecule has 0 bridgehead atoms. The van der Waals surface area contributed by atoms with Crippen molar-refractivity contribution in [2.75, 3.05) is 6.61 Å². The van der Waals surface area contributed by atoms with Gasteiger partial charge in [0.05, 0.1) is 9.49 Å². The lowest BCUT2D eigenvalue weighted by Gasteiger charge is -1.93. The zero-order valence-corrected chi connectivity index (χ0v) is 8.03. The van der Waals surface area contributed by atoms with Crippen LogP contribution < -0.4 is 4.74 Å². The molecule has 0 saturated carbocycles. The Morgan fingerprint density at radius 1 is 1.67 bits per heavy atom. The van der Waals surface area contributed by atoms with Crippen LogP contribution in [0.2, 0.25) is 0 Å². The number of rotatable bonds is 2. The Balaban J connectivity index is 2.61. The fourth-order valence-electron chi connectivity index (χ4n) is 0.518. The maximum absolute atomic E-state index is 5.24. The number of halogens is 1. The quantitative estimate of drug-likeness (QED) is 0.737. The average Bonchev–Trinajstić information content (AvgIpc) is 2.17. The monoisotopic (exact) mass is 254 g/mol. The number of hydrogen-bond acceptors (Lipinski definition) is 2. The second-order valence-corrected chi connectivity index (χ2v) is 4.43. The van der Waals surface area contributed by atoms with Crippen molar-refractivity contribution >= 4 is 33.9 Å². The summed E-state index contributed by atoms with van der Waals surface area (Å²) in [6.07, 6.45) is 0. The van der Waals surface area contributed by atoms with Gasteiger partial charge in [0.15, 0.2) is 5.06 Å². The van der Waals surface area contributed by atoms with Crippen LogP contribution in [0.4, 0.5) is 0 Å². The third-order valence-electron chi connectivity index (χ3n) is 0.835. The van der Waals surface area contributed by atoms with E-state index in [0.29, 0.717) is 0 Å². The van der Waals surface area contributed by atoms with Gasteiger partial charge < -0.3 is 4.74 Å². The first-order valence-electron chi connectivity index (χ1n) is 2.71. The van der Waals surface area contributed by atoms with Crippen molar-refractivity contribution in [2.24, 2.45) is 0 Å². The van der Waals surface area contributed by atoms with Crippen molar-refractivity contribution in [3.63, 3.8) is 0 Å². The molecule has 9 heavy (non-hydrogen) atoms. The SMILES string of the molecule is CCOc1ccc(I)s1. The molecule has 0 atom stereocenters. The van der Waals surface area contributed by atoms with Gasteiger partial charge >= 0.3 is 0 Å². The molecule has 3 heteroatoms. The van der Waals surface area contributed by atoms with Gasteiger partial charge in [-0.3, -0.25) is 0 Å². The molecule has 0 unspecified atom stereocenters. The summed E-state index contributed by atoms with van der Waals surface area (Å²) in [6, 6.07) is 4.05. The van der Waals surface area contributed by atoms with Gasteiger partial charge in [0, 0.05) is 0 Å². The molecule has 0 fully saturated rings. The normalized spacial score (nSPS) is 9.56. The molecular weight excluding hydrogens is 247 g/mol. The van der Waals surface area contributed by atoms with Crippen LogP contribution in [0, 0.1) is 2.88 Å². The third kappa shape index (κ3) is 2.14. The molecule has 0 aliphatic carbocycles. The van der Waals surface area contributed by atoms with Crippen molar-refractivity contribution in [3.8, 4) is 5.06 Å². The van der Waals surface area contributed by atoms with Crippen LogP contribution in [0.25, 0.3) is 0 Å². The van der Waals surface area contributed by atoms with Gasteiger partial charge in [-0.25, -0.2) is 0 Å². The van der Waals surface area contributed by atoms with Crippen molar-refractivity contribution in [1.29, 1.82) is 0 Å². The predicted octanol–water partition coefficient (Wildman–Crippen LogP) is 2.75. The van der Waals surface area contributed by atoms with Gasteiger partial charge in [-0.05, 0) is 41.6 Å². The van der Waals surface area contributed by atoms with Crippen LogP contribution in [0.1, 0.15) is 6.92 Å². The van der Waals surface area contributed by atoms with Crippen LogP contribution in [-0.4, -0.2) is 6.61 Å². The van der Waals surface area contributed by atoms with Crippen molar-refractivity contribution in [1.82, 2.24) is 0 Å². The fourth-order valence-corrected chi connectivity index (χ4v) is 1.99. The topological polar surface area (TPSA) is 9.23 Å². The van der Waals surface area contributed by atoms with Gasteiger partial charge in [0.1, 0.15) is 0 Å². The first kappa shape index (κ1) is 7.34. The van der Waals surface area contributed by atoms with Gasteiger partial charge in [0.25, 0.3) is 0 Å². The molecule has 1 nitrogen and oxygen atoms in total. The van der Waals surface area contributed by atoms with E-state index in [1.807, 2.05) is 13.0 Å². The molecule has 0 spiro atoms. The molecule has 0 aromatic carbocycles. The third-order valence-corrected chi connectivity index (χ3v) is 2.64. The minimum Gasteiger partial charge on any atom is -0.484 e. The highest BCUT2D eigenvalue weighted by atomic mass is 127. The summed E-state index contributed by atoms with van der Waals surface area (Å²) in [5.41, 5.74) is 0. The van der Waals surface area contributed by atoms with E-state index in [0.717, 1.165) is 11.7 Å². The molecule has 1 rings (SSSR count). The average molecular weight is 254 g/mol. The second kappa shape index (κ2) is 3.41. The number of ether oxygens (including phenoxy) is 1. The van der Waals surface area contributed by atoms with Gasteiger partial charge in [0.2, 0.25) is 0 Å². The van der Waals surface area contributed by atoms with Crippen molar-refractivity contribution < 1.29 is 4.74 Å². The Bertz CT molecular complexity index is 185. The summed E-state index contributed by atoms with van der Waals surface area (Å²) in [4.78, 5) is 0. The Labute approximate surface area is 72.2 Å². The van der Waals surface area contributed by atoms with Crippen LogP contribution in [0.3, 0.4) is 0 Å². The van der Waals surface area contributed by atoms with E-state index in [1.165, 1.54) is 2.88 Å². The van der Waals surface area contributed by atoms with Crippen LogP contribution in [-0.2, 0) is 0 Å². The highest BCUT2D eigenvalue weighted by molar-refractivity contribution is 14.1. The zero-order chi connectivity index (χ0) is 6.69. The molecule has 1 aromatic rings. The molecule has 1 aromatic heterocycles. The predicted molar refractivity (Wildman–Crippen MR) is 48.2 cm³/mol. The van der Waals surface area contributed by atoms with Gasteiger partial charge in [-0.1, -0.05) is 11.3 Å². The summed E-state index contributed by atoms with van der Waals surface area (Å²) in [6.45, 7) is 2.75. The minimum absolute atomic E-state index is 0.761. The lowest BCUT2D eigenvalue weighted by molar-refractivity contribution is 0.350. The maximum atomic E-state index is 5.24. The van der Waals surface area contributed by atoms with E-state index in [1.54, 1.807) is 11.3 Å². The Kier molecular flexibility index (Phi) is 2.78. The first-order valence-corrected chi connectivity index (χ1v) is 4.60. The van der Waals surface area contributed by atoms with Crippen LogP contribution >= 0.6 is 33.9 Å². The number of hydrogen-bond donors (Lipinski definition) is 0. The molecule has 0 aliphatic heterocycles. The molecule has 0 amide bonds. The Hall–Kier alpha value is 0.230. The lowest BCUT2D eigenvalue weighted by Crippen LogP contribution is -1.86. The Morgan fingerprint density at radius 3 is 2.89 bits per heavy atom. The van der Waals surface area contributed by atoms with E-state index in [9.17, 15) is 0 Å². The van der Waals surface area contributed by atoms with Crippen molar-refractivity contribution in [3.05, 3.63) is 15.0 Å². The number of thiophene rings is 1. The highest BCUT2D eigenvalue weighted by Crippen LogP contribution is 2.24. The summed E-state index contributed by atoms with van der Waals surface area (Å²) in [5.74, 6) is 0. The molecular formula is C6H7IOS. The fraction of sp³-hybridized carbons (Fsp3) is 0.333. The van der Waals surface area contributed by atoms with Gasteiger partial charge in [-0.15, -0.1) is 0 Å². The molecule has 1 heterocycles. The van der Waals surface area contributed by atoms with E-state index in [-0.39, 0.29) is 0 Å². The maximum Gasteiger partial charge on any atom is 0.174 e. The van der Waals surface area contributed by atoms with Crippen LogP contribution in [0.5, 0.6) is 5.06 Å². The molecule has 0 aliphatic rings. The molecule has 50 valence electrons. The lowest BCUT2D eigenvalue weighted by atomic mass is 10.6.